The van der Waals surface area contributed by atoms with Crippen molar-refractivity contribution in [2.24, 2.45) is 5.41 Å². The molecule has 0 unspecified atom stereocenters. The Hall–Kier alpha value is -1.39. The summed E-state index contributed by atoms with van der Waals surface area (Å²) in [6.07, 6.45) is 0.574. The lowest BCUT2D eigenvalue weighted by Crippen LogP contribution is -2.52. The lowest BCUT2D eigenvalue weighted by atomic mass is 9.82. The predicted molar refractivity (Wildman–Crippen MR) is 83.2 cm³/mol. The minimum Gasteiger partial charge on any atom is -0.350 e. The molecule has 1 heterocycles. The van der Waals surface area contributed by atoms with Crippen LogP contribution in [0, 0.1) is 5.41 Å². The number of anilines is 1. The number of ether oxygens (including phenoxy) is 2. The largest absolute Gasteiger partial charge is 0.350 e. The highest BCUT2D eigenvalue weighted by Gasteiger charge is 2.44. The van der Waals surface area contributed by atoms with Gasteiger partial charge in [-0.1, -0.05) is 18.2 Å². The van der Waals surface area contributed by atoms with E-state index >= 15 is 0 Å². The highest BCUT2D eigenvalue weighted by Crippen LogP contribution is 2.35. The van der Waals surface area contributed by atoms with Crippen LogP contribution in [-0.4, -0.2) is 31.5 Å². The second-order valence-electron chi connectivity index (χ2n) is 6.56. The van der Waals surface area contributed by atoms with Gasteiger partial charge in [0.25, 0.3) is 0 Å². The maximum Gasteiger partial charge on any atom is 0.235 e. The zero-order chi connectivity index (χ0) is 15.7. The van der Waals surface area contributed by atoms with E-state index in [2.05, 4.69) is 0 Å². The summed E-state index contributed by atoms with van der Waals surface area (Å²) in [5.41, 5.74) is 0.285. The molecule has 0 radical (unpaired) electrons. The molecule has 0 N–H and O–H groups in total. The summed E-state index contributed by atoms with van der Waals surface area (Å²) in [4.78, 5) is 14.6. The first-order valence-corrected chi connectivity index (χ1v) is 7.39. The standard InChI is InChI=1S/C17H25NO3/c1-16(2,14-11-12-20-17(3,4)21-14)15(19)18(5)13-9-7-6-8-10-13/h6-10,14H,11-12H2,1-5H3/t14-/m0/s1. The van der Waals surface area contributed by atoms with Crippen molar-refractivity contribution in [2.75, 3.05) is 18.6 Å². The van der Waals surface area contributed by atoms with E-state index in [4.69, 9.17) is 9.47 Å². The van der Waals surface area contributed by atoms with Gasteiger partial charge >= 0.3 is 0 Å². The minimum absolute atomic E-state index is 0.0522. The Labute approximate surface area is 127 Å². The predicted octanol–water partition coefficient (Wildman–Crippen LogP) is 3.22. The van der Waals surface area contributed by atoms with Crippen LogP contribution < -0.4 is 4.90 Å². The van der Waals surface area contributed by atoms with Crippen molar-refractivity contribution >= 4 is 11.6 Å². The number of para-hydroxylation sites is 1. The Balaban J connectivity index is 2.16. The van der Waals surface area contributed by atoms with E-state index in [0.717, 1.165) is 12.1 Å². The van der Waals surface area contributed by atoms with Gasteiger partial charge in [0.2, 0.25) is 5.91 Å². The van der Waals surface area contributed by atoms with E-state index in [1.54, 1.807) is 4.90 Å². The summed E-state index contributed by atoms with van der Waals surface area (Å²) in [5.74, 6) is -0.581. The average Bonchev–Trinajstić information content (AvgIpc) is 2.45. The minimum atomic E-state index is -0.633. The quantitative estimate of drug-likeness (QED) is 0.858. The van der Waals surface area contributed by atoms with Crippen molar-refractivity contribution in [1.29, 1.82) is 0 Å². The van der Waals surface area contributed by atoms with Gasteiger partial charge in [-0.2, -0.15) is 0 Å². The Morgan fingerprint density at radius 3 is 2.48 bits per heavy atom. The Morgan fingerprint density at radius 2 is 1.90 bits per heavy atom. The van der Waals surface area contributed by atoms with Gasteiger partial charge in [-0.25, -0.2) is 0 Å². The van der Waals surface area contributed by atoms with E-state index in [1.165, 1.54) is 0 Å². The number of nitrogens with zero attached hydrogens (tertiary/aromatic N) is 1. The molecule has 1 aliphatic rings. The van der Waals surface area contributed by atoms with Crippen LogP contribution in [0.5, 0.6) is 0 Å². The number of carbonyl (C=O) groups is 1. The maximum atomic E-state index is 12.9. The first-order chi connectivity index (χ1) is 9.74. The van der Waals surface area contributed by atoms with Gasteiger partial charge in [-0.15, -0.1) is 0 Å². The molecule has 21 heavy (non-hydrogen) atoms. The van der Waals surface area contributed by atoms with Crippen molar-refractivity contribution in [3.63, 3.8) is 0 Å². The third-order valence-electron chi connectivity index (χ3n) is 4.06. The van der Waals surface area contributed by atoms with E-state index in [-0.39, 0.29) is 12.0 Å². The molecule has 0 spiro atoms. The lowest BCUT2D eigenvalue weighted by molar-refractivity contribution is -0.288. The number of rotatable bonds is 3. The van der Waals surface area contributed by atoms with Crippen LogP contribution in [0.2, 0.25) is 0 Å². The van der Waals surface area contributed by atoms with Gasteiger partial charge in [0.1, 0.15) is 0 Å². The van der Waals surface area contributed by atoms with Gasteiger partial charge in [0.15, 0.2) is 5.79 Å². The SMILES string of the molecule is CN(C(=O)C(C)(C)[C@@H]1CCOC(C)(C)O1)c1ccccc1. The summed E-state index contributed by atoms with van der Waals surface area (Å²) < 4.78 is 11.5. The molecule has 1 aromatic rings. The Morgan fingerprint density at radius 1 is 1.29 bits per heavy atom. The summed E-state index contributed by atoms with van der Waals surface area (Å²) in [6.45, 7) is 8.28. The average molecular weight is 291 g/mol. The molecule has 0 aromatic heterocycles. The molecule has 1 aromatic carbocycles. The van der Waals surface area contributed by atoms with Gasteiger partial charge in [0.05, 0.1) is 18.1 Å². The molecule has 1 fully saturated rings. The van der Waals surface area contributed by atoms with Crippen molar-refractivity contribution in [3.05, 3.63) is 30.3 Å². The second-order valence-corrected chi connectivity index (χ2v) is 6.56. The Kier molecular flexibility index (Phi) is 4.40. The van der Waals surface area contributed by atoms with Crippen LogP contribution in [0.3, 0.4) is 0 Å². The van der Waals surface area contributed by atoms with Crippen molar-refractivity contribution in [1.82, 2.24) is 0 Å². The maximum absolute atomic E-state index is 12.9. The fourth-order valence-corrected chi connectivity index (χ4v) is 2.69. The molecule has 116 valence electrons. The fourth-order valence-electron chi connectivity index (χ4n) is 2.69. The van der Waals surface area contributed by atoms with Crippen LogP contribution in [0.1, 0.15) is 34.1 Å². The third kappa shape index (κ3) is 3.44. The van der Waals surface area contributed by atoms with Crippen LogP contribution in [0.15, 0.2) is 30.3 Å². The van der Waals surface area contributed by atoms with E-state index in [0.29, 0.717) is 6.61 Å². The molecule has 1 saturated heterocycles. The van der Waals surface area contributed by atoms with Crippen LogP contribution in [-0.2, 0) is 14.3 Å². The van der Waals surface area contributed by atoms with Crippen LogP contribution in [0.4, 0.5) is 5.69 Å². The molecule has 1 aliphatic heterocycles. The molecule has 2 rings (SSSR count). The summed E-state index contributed by atoms with van der Waals surface area (Å²) in [7, 11) is 1.81. The summed E-state index contributed by atoms with van der Waals surface area (Å²) in [6, 6.07) is 9.67. The number of benzene rings is 1. The highest BCUT2D eigenvalue weighted by molar-refractivity contribution is 5.97. The topological polar surface area (TPSA) is 38.8 Å². The first-order valence-electron chi connectivity index (χ1n) is 7.39. The molecule has 0 saturated carbocycles. The van der Waals surface area contributed by atoms with Crippen LogP contribution >= 0.6 is 0 Å². The molecule has 0 bridgehead atoms. The van der Waals surface area contributed by atoms with Crippen molar-refractivity contribution in [2.45, 2.75) is 46.0 Å². The lowest BCUT2D eigenvalue weighted by Gasteiger charge is -2.43. The van der Waals surface area contributed by atoms with Crippen LogP contribution in [0.25, 0.3) is 0 Å². The second kappa shape index (κ2) is 5.78. The van der Waals surface area contributed by atoms with Gasteiger partial charge in [0, 0.05) is 12.7 Å². The first kappa shape index (κ1) is 16.0. The number of carbonyl (C=O) groups excluding carboxylic acids is 1. The van der Waals surface area contributed by atoms with E-state index in [9.17, 15) is 4.79 Å². The molecule has 1 atom stereocenters. The zero-order valence-corrected chi connectivity index (χ0v) is 13.6. The van der Waals surface area contributed by atoms with E-state index < -0.39 is 11.2 Å². The zero-order valence-electron chi connectivity index (χ0n) is 13.6. The van der Waals surface area contributed by atoms with Crippen molar-refractivity contribution in [3.8, 4) is 0 Å². The van der Waals surface area contributed by atoms with Gasteiger partial charge in [-0.3, -0.25) is 4.79 Å². The van der Waals surface area contributed by atoms with E-state index in [1.807, 2.05) is 65.1 Å². The number of hydrogen-bond acceptors (Lipinski definition) is 3. The molecular weight excluding hydrogens is 266 g/mol. The molecule has 4 heteroatoms. The monoisotopic (exact) mass is 291 g/mol. The number of amides is 1. The van der Waals surface area contributed by atoms with Gasteiger partial charge in [-0.05, 0) is 46.2 Å². The molecule has 4 nitrogen and oxygen atoms in total. The fraction of sp³-hybridized carbons (Fsp3) is 0.588. The third-order valence-corrected chi connectivity index (χ3v) is 4.06. The molecular formula is C17H25NO3. The van der Waals surface area contributed by atoms with Crippen molar-refractivity contribution < 1.29 is 14.3 Å². The smallest absolute Gasteiger partial charge is 0.235 e. The summed E-state index contributed by atoms with van der Waals surface area (Å²) in [5, 5.41) is 0. The number of hydrogen-bond donors (Lipinski definition) is 0. The normalized spacial score (nSPS) is 21.9. The summed E-state index contributed by atoms with van der Waals surface area (Å²) >= 11 is 0. The highest BCUT2D eigenvalue weighted by atomic mass is 16.7. The molecule has 0 aliphatic carbocycles. The molecule has 1 amide bonds. The Bertz CT molecular complexity index is 496. The van der Waals surface area contributed by atoms with Gasteiger partial charge < -0.3 is 14.4 Å².